The van der Waals surface area contributed by atoms with Crippen LogP contribution in [0.15, 0.2) is 30.3 Å². The average Bonchev–Trinajstić information content (AvgIpc) is 2.65. The van der Waals surface area contributed by atoms with Gasteiger partial charge < -0.3 is 4.74 Å². The van der Waals surface area contributed by atoms with Gasteiger partial charge in [0.2, 0.25) is 0 Å². The van der Waals surface area contributed by atoms with Crippen LogP contribution >= 0.6 is 0 Å². The molecular weight excluding hydrogens is 176 g/mol. The number of nitrogens with one attached hydrogen (secondary N) is 1. The summed E-state index contributed by atoms with van der Waals surface area (Å²) < 4.78 is 5.15. The Hall–Kier alpha value is -1.77. The molecule has 1 aromatic heterocycles. The number of aryl methyl sites for hydroxylation is 1. The molecule has 1 N–H and O–H groups in total. The second-order valence-electron chi connectivity index (χ2n) is 3.15. The number of hydrogen-bond acceptors (Lipinski definition) is 2. The molecule has 2 rings (SSSR count). The highest BCUT2D eigenvalue weighted by atomic mass is 16.5. The summed E-state index contributed by atoms with van der Waals surface area (Å²) in [6.07, 6.45) is 0. The summed E-state index contributed by atoms with van der Waals surface area (Å²) >= 11 is 0. The first-order valence-corrected chi connectivity index (χ1v) is 4.46. The molecule has 0 atom stereocenters. The van der Waals surface area contributed by atoms with Gasteiger partial charge in [0, 0.05) is 5.56 Å². The van der Waals surface area contributed by atoms with Crippen molar-refractivity contribution in [3.8, 4) is 17.0 Å². The van der Waals surface area contributed by atoms with Crippen LogP contribution in [0.4, 0.5) is 0 Å². The van der Waals surface area contributed by atoms with Gasteiger partial charge in [-0.3, -0.25) is 5.10 Å². The van der Waals surface area contributed by atoms with Crippen molar-refractivity contribution in [2.75, 3.05) is 7.11 Å². The molecule has 0 aliphatic heterocycles. The Morgan fingerprint density at radius 1 is 1.29 bits per heavy atom. The maximum Gasteiger partial charge on any atom is 0.119 e. The Kier molecular flexibility index (Phi) is 2.23. The fraction of sp³-hybridized carbons (Fsp3) is 0.182. The van der Waals surface area contributed by atoms with Crippen molar-refractivity contribution in [1.82, 2.24) is 10.2 Å². The highest BCUT2D eigenvalue weighted by molar-refractivity contribution is 5.61. The summed E-state index contributed by atoms with van der Waals surface area (Å²) in [6.45, 7) is 1.96. The normalized spacial score (nSPS) is 10.1. The zero-order valence-corrected chi connectivity index (χ0v) is 8.24. The van der Waals surface area contributed by atoms with Crippen molar-refractivity contribution < 1.29 is 4.74 Å². The maximum atomic E-state index is 5.15. The first-order valence-electron chi connectivity index (χ1n) is 4.46. The highest BCUT2D eigenvalue weighted by Gasteiger charge is 2.01. The van der Waals surface area contributed by atoms with E-state index in [9.17, 15) is 0 Å². The number of nitrogens with zero attached hydrogens (tertiary/aromatic N) is 1. The van der Waals surface area contributed by atoms with E-state index in [0.29, 0.717) is 0 Å². The lowest BCUT2D eigenvalue weighted by atomic mass is 10.1. The summed E-state index contributed by atoms with van der Waals surface area (Å²) in [6, 6.07) is 9.90. The van der Waals surface area contributed by atoms with Crippen LogP contribution in [-0.2, 0) is 0 Å². The number of aromatic amines is 1. The van der Waals surface area contributed by atoms with Crippen molar-refractivity contribution >= 4 is 0 Å². The molecule has 0 aliphatic carbocycles. The van der Waals surface area contributed by atoms with Gasteiger partial charge in [0.25, 0.3) is 0 Å². The van der Waals surface area contributed by atoms with Crippen LogP contribution in [0.25, 0.3) is 11.3 Å². The molecule has 3 heteroatoms. The van der Waals surface area contributed by atoms with E-state index in [0.717, 1.165) is 22.7 Å². The third-order valence-electron chi connectivity index (χ3n) is 2.09. The summed E-state index contributed by atoms with van der Waals surface area (Å²) in [5.74, 6) is 0.856. The predicted octanol–water partition coefficient (Wildman–Crippen LogP) is 2.39. The lowest BCUT2D eigenvalue weighted by Crippen LogP contribution is -1.83. The third kappa shape index (κ3) is 1.62. The Bertz CT molecular complexity index is 434. The van der Waals surface area contributed by atoms with E-state index in [2.05, 4.69) is 10.2 Å². The number of rotatable bonds is 2. The molecule has 3 nitrogen and oxygen atoms in total. The minimum Gasteiger partial charge on any atom is -0.497 e. The van der Waals surface area contributed by atoms with Gasteiger partial charge in [-0.05, 0) is 25.1 Å². The number of methoxy groups -OCH3 is 1. The first kappa shape index (κ1) is 8.81. The van der Waals surface area contributed by atoms with E-state index in [1.807, 2.05) is 37.3 Å². The van der Waals surface area contributed by atoms with Gasteiger partial charge in [0.05, 0.1) is 18.5 Å². The zero-order chi connectivity index (χ0) is 9.97. The maximum absolute atomic E-state index is 5.15. The second-order valence-corrected chi connectivity index (χ2v) is 3.15. The van der Waals surface area contributed by atoms with Gasteiger partial charge in [-0.2, -0.15) is 5.10 Å². The van der Waals surface area contributed by atoms with Gasteiger partial charge in [0.15, 0.2) is 0 Å². The molecule has 0 bridgehead atoms. The van der Waals surface area contributed by atoms with E-state index in [1.54, 1.807) is 7.11 Å². The van der Waals surface area contributed by atoms with Crippen LogP contribution in [0.1, 0.15) is 5.69 Å². The van der Waals surface area contributed by atoms with E-state index in [-0.39, 0.29) is 0 Å². The Morgan fingerprint density at radius 3 is 2.79 bits per heavy atom. The van der Waals surface area contributed by atoms with Gasteiger partial charge >= 0.3 is 0 Å². The number of H-pyrrole nitrogens is 1. The van der Waals surface area contributed by atoms with Gasteiger partial charge in [-0.1, -0.05) is 12.1 Å². The molecule has 0 saturated heterocycles. The number of ether oxygens (including phenoxy) is 1. The second kappa shape index (κ2) is 3.54. The molecule has 1 heterocycles. The summed E-state index contributed by atoms with van der Waals surface area (Å²) in [4.78, 5) is 0. The molecule has 14 heavy (non-hydrogen) atoms. The van der Waals surface area contributed by atoms with E-state index in [4.69, 9.17) is 4.74 Å². The third-order valence-corrected chi connectivity index (χ3v) is 2.09. The van der Waals surface area contributed by atoms with Crippen LogP contribution in [0, 0.1) is 6.92 Å². The smallest absolute Gasteiger partial charge is 0.119 e. The minimum absolute atomic E-state index is 0.856. The van der Waals surface area contributed by atoms with Crippen molar-refractivity contribution in [2.45, 2.75) is 6.92 Å². The first-order chi connectivity index (χ1) is 6.79. The van der Waals surface area contributed by atoms with Crippen LogP contribution in [0.5, 0.6) is 5.75 Å². The standard InChI is InChI=1S/C11H12N2O/c1-8-6-11(13-12-8)9-4-3-5-10(7-9)14-2/h3-7H,1-2H3,(H,12,13). The molecule has 2 aromatic rings. The zero-order valence-electron chi connectivity index (χ0n) is 8.24. The Labute approximate surface area is 82.7 Å². The van der Waals surface area contributed by atoms with Gasteiger partial charge in [0.1, 0.15) is 5.75 Å². The van der Waals surface area contributed by atoms with Crippen LogP contribution in [0.2, 0.25) is 0 Å². The summed E-state index contributed by atoms with van der Waals surface area (Å²) in [5, 5.41) is 7.05. The SMILES string of the molecule is COc1cccc(-c2cc(C)n[nH]2)c1. The summed E-state index contributed by atoms with van der Waals surface area (Å²) in [5.41, 5.74) is 3.09. The van der Waals surface area contributed by atoms with Crippen molar-refractivity contribution in [3.63, 3.8) is 0 Å². The fourth-order valence-corrected chi connectivity index (χ4v) is 1.36. The predicted molar refractivity (Wildman–Crippen MR) is 55.3 cm³/mol. The molecule has 0 saturated carbocycles. The molecule has 0 amide bonds. The largest absolute Gasteiger partial charge is 0.497 e. The lowest BCUT2D eigenvalue weighted by molar-refractivity contribution is 0.415. The summed E-state index contributed by atoms with van der Waals surface area (Å²) in [7, 11) is 1.66. The molecule has 1 aromatic carbocycles. The van der Waals surface area contributed by atoms with Crippen molar-refractivity contribution in [3.05, 3.63) is 36.0 Å². The number of benzene rings is 1. The molecule has 0 spiro atoms. The molecular formula is C11H12N2O. The molecule has 72 valence electrons. The Balaban J connectivity index is 2.41. The van der Waals surface area contributed by atoms with Gasteiger partial charge in [-0.25, -0.2) is 0 Å². The monoisotopic (exact) mass is 188 g/mol. The molecule has 0 radical (unpaired) electrons. The van der Waals surface area contributed by atoms with E-state index >= 15 is 0 Å². The highest BCUT2D eigenvalue weighted by Crippen LogP contribution is 2.22. The average molecular weight is 188 g/mol. The molecule has 0 aliphatic rings. The fourth-order valence-electron chi connectivity index (χ4n) is 1.36. The lowest BCUT2D eigenvalue weighted by Gasteiger charge is -2.01. The number of hydrogen-bond donors (Lipinski definition) is 1. The Morgan fingerprint density at radius 2 is 2.14 bits per heavy atom. The van der Waals surface area contributed by atoms with Crippen molar-refractivity contribution in [2.24, 2.45) is 0 Å². The van der Waals surface area contributed by atoms with Crippen molar-refractivity contribution in [1.29, 1.82) is 0 Å². The van der Waals surface area contributed by atoms with Gasteiger partial charge in [-0.15, -0.1) is 0 Å². The quantitative estimate of drug-likeness (QED) is 0.785. The van der Waals surface area contributed by atoms with E-state index in [1.165, 1.54) is 0 Å². The molecule has 0 fully saturated rings. The minimum atomic E-state index is 0.856. The van der Waals surface area contributed by atoms with Crippen LogP contribution in [0.3, 0.4) is 0 Å². The van der Waals surface area contributed by atoms with E-state index < -0.39 is 0 Å². The van der Waals surface area contributed by atoms with Crippen LogP contribution in [-0.4, -0.2) is 17.3 Å². The molecule has 0 unspecified atom stereocenters. The van der Waals surface area contributed by atoms with Crippen LogP contribution < -0.4 is 4.74 Å². The topological polar surface area (TPSA) is 37.9 Å². The number of aromatic nitrogens is 2.